The molecule has 0 aromatic rings. The normalized spacial score (nSPS) is 40.4. The van der Waals surface area contributed by atoms with Gasteiger partial charge < -0.3 is 0 Å². The van der Waals surface area contributed by atoms with E-state index in [1.807, 2.05) is 0 Å². The Morgan fingerprint density at radius 3 is 2.11 bits per heavy atom. The van der Waals surface area contributed by atoms with Crippen LogP contribution in [-0.2, 0) is 4.79 Å². The lowest BCUT2D eigenvalue weighted by Crippen LogP contribution is -2.53. The molecule has 3 fully saturated rings. The summed E-state index contributed by atoms with van der Waals surface area (Å²) in [5, 5.41) is 0. The Labute approximate surface area is 117 Å². The van der Waals surface area contributed by atoms with Crippen molar-refractivity contribution in [3.63, 3.8) is 0 Å². The van der Waals surface area contributed by atoms with Crippen molar-refractivity contribution in [3.8, 4) is 0 Å². The molecule has 0 amide bonds. The highest BCUT2D eigenvalue weighted by molar-refractivity contribution is 5.80. The van der Waals surface area contributed by atoms with Crippen molar-refractivity contribution in [2.24, 2.45) is 11.8 Å². The molecule has 0 spiro atoms. The third-order valence-corrected chi connectivity index (χ3v) is 5.95. The molecular weight excluding hydrogens is 234 g/mol. The number of piperidine rings is 2. The lowest BCUT2D eigenvalue weighted by molar-refractivity contribution is -0.127. The Kier molecular flexibility index (Phi) is 4.26. The highest BCUT2D eigenvalue weighted by atomic mass is 16.1. The third kappa shape index (κ3) is 3.04. The monoisotopic (exact) mass is 263 g/mol. The van der Waals surface area contributed by atoms with Gasteiger partial charge in [-0.15, -0.1) is 0 Å². The fourth-order valence-electron chi connectivity index (χ4n) is 4.69. The summed E-state index contributed by atoms with van der Waals surface area (Å²) in [4.78, 5) is 14.5. The van der Waals surface area contributed by atoms with Crippen molar-refractivity contribution in [2.75, 3.05) is 6.54 Å². The van der Waals surface area contributed by atoms with Crippen LogP contribution >= 0.6 is 0 Å². The van der Waals surface area contributed by atoms with E-state index in [1.165, 1.54) is 57.9 Å². The van der Waals surface area contributed by atoms with E-state index in [2.05, 4.69) is 11.8 Å². The first-order chi connectivity index (χ1) is 9.26. The first-order valence-corrected chi connectivity index (χ1v) is 8.53. The van der Waals surface area contributed by atoms with Crippen molar-refractivity contribution in [2.45, 2.75) is 83.2 Å². The molecule has 0 radical (unpaired) electrons. The van der Waals surface area contributed by atoms with Gasteiger partial charge in [-0.1, -0.05) is 32.6 Å². The summed E-state index contributed by atoms with van der Waals surface area (Å²) in [5.41, 5.74) is 0. The second kappa shape index (κ2) is 5.95. The zero-order valence-corrected chi connectivity index (χ0v) is 12.4. The topological polar surface area (TPSA) is 20.3 Å². The van der Waals surface area contributed by atoms with Gasteiger partial charge in [-0.05, 0) is 37.5 Å². The van der Waals surface area contributed by atoms with E-state index in [0.717, 1.165) is 24.7 Å². The summed E-state index contributed by atoms with van der Waals surface area (Å²) in [6, 6.07) is 1.20. The molecular formula is C17H29NO. The summed E-state index contributed by atoms with van der Waals surface area (Å²) < 4.78 is 0. The molecule has 1 saturated carbocycles. The van der Waals surface area contributed by atoms with E-state index in [-0.39, 0.29) is 0 Å². The molecule has 3 rings (SSSR count). The molecule has 2 bridgehead atoms. The number of carbonyl (C=O) groups is 1. The van der Waals surface area contributed by atoms with Gasteiger partial charge in [0.1, 0.15) is 5.78 Å². The maximum absolute atomic E-state index is 11.8. The van der Waals surface area contributed by atoms with Crippen molar-refractivity contribution in [1.29, 1.82) is 0 Å². The molecule has 0 N–H and O–H groups in total. The van der Waals surface area contributed by atoms with E-state index < -0.39 is 0 Å². The highest BCUT2D eigenvalue weighted by Gasteiger charge is 2.38. The zero-order chi connectivity index (χ0) is 13.2. The van der Waals surface area contributed by atoms with Gasteiger partial charge >= 0.3 is 0 Å². The Morgan fingerprint density at radius 2 is 1.53 bits per heavy atom. The van der Waals surface area contributed by atoms with Crippen molar-refractivity contribution in [1.82, 2.24) is 4.90 Å². The number of carbonyl (C=O) groups excluding carboxylic acids is 1. The molecule has 2 unspecified atom stereocenters. The van der Waals surface area contributed by atoms with Crippen LogP contribution in [0.4, 0.5) is 0 Å². The van der Waals surface area contributed by atoms with Crippen LogP contribution in [0.5, 0.6) is 0 Å². The summed E-state index contributed by atoms with van der Waals surface area (Å²) >= 11 is 0. The molecule has 3 aliphatic rings. The van der Waals surface area contributed by atoms with E-state index in [4.69, 9.17) is 0 Å². The third-order valence-electron chi connectivity index (χ3n) is 5.95. The van der Waals surface area contributed by atoms with Crippen LogP contribution in [0.2, 0.25) is 0 Å². The number of hydrogen-bond donors (Lipinski definition) is 0. The average molecular weight is 263 g/mol. The Balaban J connectivity index is 1.56. The lowest BCUT2D eigenvalue weighted by Gasteiger charge is -2.47. The Morgan fingerprint density at radius 1 is 0.947 bits per heavy atom. The van der Waals surface area contributed by atoms with Gasteiger partial charge in [-0.2, -0.15) is 0 Å². The van der Waals surface area contributed by atoms with Crippen LogP contribution in [0, 0.1) is 11.8 Å². The summed E-state index contributed by atoms with van der Waals surface area (Å²) in [5.74, 6) is 2.44. The van der Waals surface area contributed by atoms with Crippen LogP contribution < -0.4 is 0 Å². The zero-order valence-electron chi connectivity index (χ0n) is 12.4. The number of hydrogen-bond acceptors (Lipinski definition) is 2. The molecule has 0 aromatic carbocycles. The first-order valence-electron chi connectivity index (χ1n) is 8.53. The number of fused-ring (bicyclic) bond motifs is 2. The smallest absolute Gasteiger partial charge is 0.136 e. The van der Waals surface area contributed by atoms with Gasteiger partial charge in [-0.3, -0.25) is 9.69 Å². The molecule has 19 heavy (non-hydrogen) atoms. The first kappa shape index (κ1) is 13.6. The van der Waals surface area contributed by atoms with Crippen LogP contribution in [-0.4, -0.2) is 29.3 Å². The van der Waals surface area contributed by atoms with Crippen LogP contribution in [0.15, 0.2) is 0 Å². The van der Waals surface area contributed by atoms with E-state index in [1.54, 1.807) is 0 Å². The molecule has 2 heterocycles. The highest BCUT2D eigenvalue weighted by Crippen LogP contribution is 2.36. The number of nitrogens with zero attached hydrogens (tertiary/aromatic N) is 1. The van der Waals surface area contributed by atoms with Gasteiger partial charge in [-0.25, -0.2) is 0 Å². The minimum absolute atomic E-state index is 0.528. The fourth-order valence-corrected chi connectivity index (χ4v) is 4.69. The summed E-state index contributed by atoms with van der Waals surface area (Å²) in [7, 11) is 0. The SMILES string of the molecule is CCC1CCC(CN2C3CCCC2CC(=O)C3)CC1. The number of ketones is 1. The van der Waals surface area contributed by atoms with E-state index in [9.17, 15) is 4.79 Å². The molecule has 2 nitrogen and oxygen atoms in total. The predicted octanol–water partition coefficient (Wildman–Crippen LogP) is 3.79. The van der Waals surface area contributed by atoms with E-state index in [0.29, 0.717) is 17.9 Å². The van der Waals surface area contributed by atoms with Gasteiger partial charge in [0, 0.05) is 31.5 Å². The summed E-state index contributed by atoms with van der Waals surface area (Å²) in [6.45, 7) is 3.63. The maximum Gasteiger partial charge on any atom is 0.136 e. The molecule has 0 aromatic heterocycles. The maximum atomic E-state index is 11.8. The fraction of sp³-hybridized carbons (Fsp3) is 0.941. The van der Waals surface area contributed by atoms with Crippen molar-refractivity contribution >= 4 is 5.78 Å². The molecule has 2 aliphatic heterocycles. The number of Topliss-reactive ketones (excluding diaryl/α,β-unsaturated/α-hetero) is 1. The lowest BCUT2D eigenvalue weighted by atomic mass is 9.78. The molecule has 2 saturated heterocycles. The second-order valence-corrected chi connectivity index (χ2v) is 7.18. The minimum atomic E-state index is 0.528. The van der Waals surface area contributed by atoms with Crippen LogP contribution in [0.25, 0.3) is 0 Å². The van der Waals surface area contributed by atoms with Gasteiger partial charge in [0.15, 0.2) is 0 Å². The number of rotatable bonds is 3. The van der Waals surface area contributed by atoms with Crippen LogP contribution in [0.1, 0.15) is 71.1 Å². The molecule has 2 atom stereocenters. The van der Waals surface area contributed by atoms with E-state index >= 15 is 0 Å². The minimum Gasteiger partial charge on any atom is -0.300 e. The van der Waals surface area contributed by atoms with Gasteiger partial charge in [0.25, 0.3) is 0 Å². The Hall–Kier alpha value is -0.370. The standard InChI is InChI=1S/C17H29NO/c1-2-13-6-8-14(9-7-13)12-18-15-4-3-5-16(18)11-17(19)10-15/h13-16H,2-12H2,1H3. The average Bonchev–Trinajstić information content (AvgIpc) is 2.41. The molecule has 1 aliphatic carbocycles. The quantitative estimate of drug-likeness (QED) is 0.772. The van der Waals surface area contributed by atoms with Gasteiger partial charge in [0.05, 0.1) is 0 Å². The molecule has 108 valence electrons. The molecule has 2 heteroatoms. The van der Waals surface area contributed by atoms with Crippen molar-refractivity contribution in [3.05, 3.63) is 0 Å². The largest absolute Gasteiger partial charge is 0.300 e. The summed E-state index contributed by atoms with van der Waals surface area (Å²) in [6.07, 6.45) is 12.7. The second-order valence-electron chi connectivity index (χ2n) is 7.18. The Bertz CT molecular complexity index is 303. The van der Waals surface area contributed by atoms with Crippen LogP contribution in [0.3, 0.4) is 0 Å². The van der Waals surface area contributed by atoms with Crippen molar-refractivity contribution < 1.29 is 4.79 Å². The van der Waals surface area contributed by atoms with Gasteiger partial charge in [0.2, 0.25) is 0 Å². The predicted molar refractivity (Wildman–Crippen MR) is 78.1 cm³/mol.